The normalized spacial score (nSPS) is 32.0. The SMILES string of the molecule is CC12C=CC=CC1C(CCC1c3ccccc3C3(C)C=CC=CC13)c1ccccc12.[CH3-].[CH3-].[Cl][Zr+2][Cl]. The molecule has 3 heteroatoms. The first-order valence-electron chi connectivity index (χ1n) is 11.9. The second-order valence-electron chi connectivity index (χ2n) is 10.1. The van der Waals surface area contributed by atoms with Crippen LogP contribution < -0.4 is 0 Å². The van der Waals surface area contributed by atoms with Gasteiger partial charge in [-0.3, -0.25) is 0 Å². The van der Waals surface area contributed by atoms with Crippen LogP contribution in [0.4, 0.5) is 0 Å². The molecular weight excluding hydrogens is 546 g/mol. The molecular formula is C32H36Cl2Zr. The summed E-state index contributed by atoms with van der Waals surface area (Å²) < 4.78 is 0. The first-order valence-corrected chi connectivity index (χ1v) is 18.2. The van der Waals surface area contributed by atoms with E-state index in [4.69, 9.17) is 17.0 Å². The van der Waals surface area contributed by atoms with Gasteiger partial charge in [-0.15, -0.1) is 0 Å². The molecule has 6 unspecified atom stereocenters. The summed E-state index contributed by atoms with van der Waals surface area (Å²) in [5.74, 6) is 2.36. The Labute approximate surface area is 231 Å². The number of hydrogen-bond acceptors (Lipinski definition) is 0. The zero-order valence-electron chi connectivity index (χ0n) is 21.2. The molecule has 0 aromatic heterocycles. The van der Waals surface area contributed by atoms with Gasteiger partial charge in [-0.2, -0.15) is 0 Å². The Hall–Kier alpha value is -1.14. The molecule has 2 aromatic carbocycles. The average Bonchev–Trinajstić information content (AvgIpc) is 3.24. The number of halogens is 2. The number of allylic oxidation sites excluding steroid dienone is 8. The summed E-state index contributed by atoms with van der Waals surface area (Å²) in [6.07, 6.45) is 21.3. The third-order valence-corrected chi connectivity index (χ3v) is 8.67. The Morgan fingerprint density at radius 3 is 1.43 bits per heavy atom. The van der Waals surface area contributed by atoms with E-state index in [1.54, 1.807) is 11.1 Å². The van der Waals surface area contributed by atoms with E-state index in [1.807, 2.05) is 0 Å². The van der Waals surface area contributed by atoms with Crippen LogP contribution in [0.15, 0.2) is 97.1 Å². The van der Waals surface area contributed by atoms with E-state index in [-0.39, 0.29) is 25.7 Å². The fourth-order valence-electron chi connectivity index (χ4n) is 7.18. The molecule has 4 aliphatic carbocycles. The van der Waals surface area contributed by atoms with E-state index in [0.717, 1.165) is 0 Å². The zero-order chi connectivity index (χ0) is 23.1. The number of rotatable bonds is 3. The minimum absolute atomic E-state index is 0. The Balaban J connectivity index is 0.000000653. The molecule has 6 rings (SSSR count). The van der Waals surface area contributed by atoms with Gasteiger partial charge in [0.1, 0.15) is 0 Å². The van der Waals surface area contributed by atoms with Crippen LogP contribution in [0.2, 0.25) is 0 Å². The van der Waals surface area contributed by atoms with Crippen LogP contribution in [0.1, 0.15) is 60.8 Å². The van der Waals surface area contributed by atoms with Crippen LogP contribution in [0.5, 0.6) is 0 Å². The van der Waals surface area contributed by atoms with Gasteiger partial charge in [0, 0.05) is 10.8 Å². The predicted molar refractivity (Wildman–Crippen MR) is 150 cm³/mol. The van der Waals surface area contributed by atoms with Gasteiger partial charge in [0.05, 0.1) is 0 Å². The Morgan fingerprint density at radius 2 is 1.03 bits per heavy atom. The van der Waals surface area contributed by atoms with Gasteiger partial charge < -0.3 is 14.9 Å². The summed E-state index contributed by atoms with van der Waals surface area (Å²) in [6.45, 7) is 4.88. The van der Waals surface area contributed by atoms with Gasteiger partial charge in [-0.1, -0.05) is 111 Å². The quantitative estimate of drug-likeness (QED) is 0.316. The van der Waals surface area contributed by atoms with Crippen molar-refractivity contribution in [3.8, 4) is 0 Å². The predicted octanol–water partition coefficient (Wildman–Crippen LogP) is 9.64. The maximum atomic E-state index is 4.93. The summed E-state index contributed by atoms with van der Waals surface area (Å²) in [5.41, 5.74) is 6.52. The second-order valence-corrected chi connectivity index (χ2v) is 13.9. The molecule has 0 bridgehead atoms. The maximum absolute atomic E-state index is 4.93. The van der Waals surface area contributed by atoms with Gasteiger partial charge in [0.25, 0.3) is 0 Å². The monoisotopic (exact) mass is 580 g/mol. The van der Waals surface area contributed by atoms with Crippen molar-refractivity contribution in [1.82, 2.24) is 0 Å². The second kappa shape index (κ2) is 11.5. The molecule has 0 saturated heterocycles. The first-order chi connectivity index (χ1) is 16.0. The van der Waals surface area contributed by atoms with Gasteiger partial charge in [0.15, 0.2) is 0 Å². The van der Waals surface area contributed by atoms with Crippen molar-refractivity contribution in [3.63, 3.8) is 0 Å². The van der Waals surface area contributed by atoms with Crippen molar-refractivity contribution in [3.05, 3.63) is 134 Å². The van der Waals surface area contributed by atoms with E-state index in [1.165, 1.54) is 24.0 Å². The number of fused-ring (bicyclic) bond motifs is 6. The van der Waals surface area contributed by atoms with Crippen molar-refractivity contribution in [2.24, 2.45) is 11.8 Å². The van der Waals surface area contributed by atoms with Crippen molar-refractivity contribution in [2.45, 2.75) is 49.4 Å². The van der Waals surface area contributed by atoms with Crippen LogP contribution in [0, 0.1) is 26.7 Å². The first kappa shape index (κ1) is 28.4. The molecule has 35 heavy (non-hydrogen) atoms. The van der Waals surface area contributed by atoms with Crippen molar-refractivity contribution in [1.29, 1.82) is 0 Å². The third kappa shape index (κ3) is 4.67. The summed E-state index contributed by atoms with van der Waals surface area (Å²) >= 11 is -0.826. The Morgan fingerprint density at radius 1 is 0.657 bits per heavy atom. The van der Waals surface area contributed by atoms with Gasteiger partial charge in [-0.25, -0.2) is 0 Å². The van der Waals surface area contributed by atoms with Crippen molar-refractivity contribution < 1.29 is 20.8 Å². The molecule has 0 amide bonds. The molecule has 0 fully saturated rings. The van der Waals surface area contributed by atoms with Crippen LogP contribution in [-0.2, 0) is 31.7 Å². The molecule has 0 aliphatic heterocycles. The summed E-state index contributed by atoms with van der Waals surface area (Å²) in [6, 6.07) is 18.4. The van der Waals surface area contributed by atoms with E-state index in [9.17, 15) is 0 Å². The van der Waals surface area contributed by atoms with Gasteiger partial charge in [-0.05, 0) is 58.8 Å². The molecule has 0 N–H and O–H groups in total. The molecule has 0 nitrogen and oxygen atoms in total. The summed E-state index contributed by atoms with van der Waals surface area (Å²) in [4.78, 5) is 0. The van der Waals surface area contributed by atoms with E-state index in [0.29, 0.717) is 23.7 Å². The fraction of sp³-hybridized carbons (Fsp3) is 0.312. The van der Waals surface area contributed by atoms with Crippen LogP contribution in [0.25, 0.3) is 0 Å². The minimum atomic E-state index is -0.826. The van der Waals surface area contributed by atoms with Crippen LogP contribution in [0.3, 0.4) is 0 Å². The third-order valence-electron chi connectivity index (χ3n) is 8.67. The molecule has 6 atom stereocenters. The van der Waals surface area contributed by atoms with Crippen molar-refractivity contribution >= 4 is 17.0 Å². The summed E-state index contributed by atoms with van der Waals surface area (Å²) in [5, 5.41) is 0. The number of benzene rings is 2. The van der Waals surface area contributed by atoms with Gasteiger partial charge in [0.2, 0.25) is 0 Å². The molecule has 2 aromatic rings. The summed E-state index contributed by atoms with van der Waals surface area (Å²) in [7, 11) is 9.87. The zero-order valence-corrected chi connectivity index (χ0v) is 25.2. The van der Waals surface area contributed by atoms with Crippen molar-refractivity contribution in [2.75, 3.05) is 0 Å². The Kier molecular flexibility index (Phi) is 9.34. The average molecular weight is 583 g/mol. The molecule has 0 saturated carbocycles. The molecule has 4 aliphatic rings. The molecule has 0 spiro atoms. The fourth-order valence-corrected chi connectivity index (χ4v) is 7.18. The number of hydrogen-bond donors (Lipinski definition) is 0. The topological polar surface area (TPSA) is 0 Å². The van der Waals surface area contributed by atoms with E-state index >= 15 is 0 Å². The van der Waals surface area contributed by atoms with E-state index in [2.05, 4.69) is 111 Å². The molecule has 0 radical (unpaired) electrons. The molecule has 0 heterocycles. The molecule has 182 valence electrons. The van der Waals surface area contributed by atoms with Crippen LogP contribution in [-0.4, -0.2) is 0 Å². The van der Waals surface area contributed by atoms with Crippen LogP contribution >= 0.6 is 17.0 Å². The standard InChI is InChI=1S/C30H30.2CH3.2ClH.Zr/c1-29-19-9-7-15-27(29)23(21-11-3-5-13-25(21)29)17-18-24-22-12-4-6-14-26(22)30(2)20-10-8-16-28(24)30;;;;;/h3-16,19-20,23-24,27-28H,17-18H2,1-2H3;2*1H3;2*1H;/q;2*-1;;;+4/p-2. The Bertz CT molecular complexity index is 1060. The van der Waals surface area contributed by atoms with Gasteiger partial charge >= 0.3 is 37.9 Å². The van der Waals surface area contributed by atoms with E-state index < -0.39 is 20.8 Å².